The summed E-state index contributed by atoms with van der Waals surface area (Å²) in [4.78, 5) is -0.836. The van der Waals surface area contributed by atoms with Crippen molar-refractivity contribution in [2.45, 2.75) is 11.1 Å². The number of hydrogen-bond donors (Lipinski definition) is 0. The van der Waals surface area contributed by atoms with Crippen molar-refractivity contribution < 1.29 is 21.6 Å². The van der Waals surface area contributed by atoms with Crippen molar-refractivity contribution in [3.8, 4) is 6.07 Å². The Hall–Kier alpha value is -2.53. The van der Waals surface area contributed by atoms with Crippen molar-refractivity contribution in [2.24, 2.45) is 0 Å². The highest BCUT2D eigenvalue weighted by Gasteiger charge is 2.38. The first-order valence-electron chi connectivity index (χ1n) is 6.33. The molecule has 0 N–H and O–H groups in total. The highest BCUT2D eigenvalue weighted by atomic mass is 32.2. The van der Waals surface area contributed by atoms with E-state index in [1.54, 1.807) is 0 Å². The summed E-state index contributed by atoms with van der Waals surface area (Å²) in [6, 6.07) is 11.4. The predicted molar refractivity (Wildman–Crippen MR) is 78.2 cm³/mol. The normalized spacial score (nSPS) is 11.8. The fraction of sp³-hybridized carbons (Fsp3) is 0.133. The average molecular weight is 340 g/mol. The molecule has 0 aliphatic carbocycles. The molecule has 4 nitrogen and oxygen atoms in total. The monoisotopic (exact) mass is 340 g/mol. The van der Waals surface area contributed by atoms with Crippen molar-refractivity contribution in [1.29, 1.82) is 5.26 Å². The average Bonchev–Trinajstić information content (AvgIpc) is 2.53. The lowest BCUT2D eigenvalue weighted by atomic mass is 10.2. The third-order valence-electron chi connectivity index (χ3n) is 3.17. The van der Waals surface area contributed by atoms with Gasteiger partial charge in [0.05, 0.1) is 27.8 Å². The van der Waals surface area contributed by atoms with E-state index in [0.29, 0.717) is 6.07 Å². The van der Waals surface area contributed by atoms with Crippen LogP contribution in [0, 0.1) is 11.3 Å². The van der Waals surface area contributed by atoms with Crippen LogP contribution in [-0.2, 0) is 16.2 Å². The van der Waals surface area contributed by atoms with Crippen LogP contribution in [0.25, 0.3) is 0 Å². The first-order valence-corrected chi connectivity index (χ1v) is 7.77. The van der Waals surface area contributed by atoms with Crippen LogP contribution >= 0.6 is 0 Å². The number of halogens is 3. The molecule has 0 bridgehead atoms. The molecule has 0 amide bonds. The summed E-state index contributed by atoms with van der Waals surface area (Å²) in [5.74, 6) is 0. The lowest BCUT2D eigenvalue weighted by Gasteiger charge is -2.22. The van der Waals surface area contributed by atoms with Crippen molar-refractivity contribution in [3.05, 3.63) is 59.7 Å². The zero-order valence-corrected chi connectivity index (χ0v) is 12.7. The summed E-state index contributed by atoms with van der Waals surface area (Å²) in [6.07, 6.45) is -4.79. The van der Waals surface area contributed by atoms with E-state index in [9.17, 15) is 21.6 Å². The number of anilines is 1. The molecule has 0 aliphatic rings. The van der Waals surface area contributed by atoms with Gasteiger partial charge in [0, 0.05) is 7.05 Å². The van der Waals surface area contributed by atoms with Gasteiger partial charge >= 0.3 is 6.18 Å². The topological polar surface area (TPSA) is 61.2 Å². The van der Waals surface area contributed by atoms with E-state index in [0.717, 1.165) is 23.5 Å². The Bertz CT molecular complexity index is 871. The van der Waals surface area contributed by atoms with E-state index in [2.05, 4.69) is 0 Å². The Labute approximate surface area is 131 Å². The molecular weight excluding hydrogens is 329 g/mol. The van der Waals surface area contributed by atoms with E-state index >= 15 is 0 Å². The quantitative estimate of drug-likeness (QED) is 0.860. The second-order valence-corrected chi connectivity index (χ2v) is 6.57. The minimum atomic E-state index is -4.79. The molecular formula is C15H11F3N2O2S. The van der Waals surface area contributed by atoms with E-state index in [-0.39, 0.29) is 11.3 Å². The molecule has 0 aliphatic heterocycles. The van der Waals surface area contributed by atoms with E-state index in [4.69, 9.17) is 5.26 Å². The Kier molecular flexibility index (Phi) is 4.34. The van der Waals surface area contributed by atoms with Gasteiger partial charge in [-0.1, -0.05) is 18.2 Å². The van der Waals surface area contributed by atoms with E-state index in [1.807, 2.05) is 6.07 Å². The molecule has 0 unspecified atom stereocenters. The fourth-order valence-corrected chi connectivity index (χ4v) is 3.38. The zero-order valence-electron chi connectivity index (χ0n) is 11.9. The SMILES string of the molecule is CN(c1cccc(C#N)c1)S(=O)(=O)c1ccccc1C(F)(F)F. The summed E-state index contributed by atoms with van der Waals surface area (Å²) < 4.78 is 64.9. The van der Waals surface area contributed by atoms with Gasteiger partial charge in [0.2, 0.25) is 0 Å². The van der Waals surface area contributed by atoms with Crippen molar-refractivity contribution >= 4 is 15.7 Å². The molecule has 23 heavy (non-hydrogen) atoms. The molecule has 2 aromatic carbocycles. The van der Waals surface area contributed by atoms with Crippen LogP contribution in [0.1, 0.15) is 11.1 Å². The minimum Gasteiger partial charge on any atom is -0.269 e. The minimum absolute atomic E-state index is 0.0982. The summed E-state index contributed by atoms with van der Waals surface area (Å²) in [5, 5.41) is 8.85. The lowest BCUT2D eigenvalue weighted by molar-refractivity contribution is -0.139. The summed E-state index contributed by atoms with van der Waals surface area (Å²) >= 11 is 0. The van der Waals surface area contributed by atoms with Gasteiger partial charge in [-0.2, -0.15) is 18.4 Å². The molecule has 0 radical (unpaired) electrons. The number of nitrogens with zero attached hydrogens (tertiary/aromatic N) is 2. The first-order chi connectivity index (χ1) is 10.7. The summed E-state index contributed by atoms with van der Waals surface area (Å²) in [5.41, 5.74) is -0.932. The van der Waals surface area contributed by atoms with Crippen LogP contribution in [0.15, 0.2) is 53.4 Å². The molecule has 0 atom stereocenters. The number of hydrogen-bond acceptors (Lipinski definition) is 3. The van der Waals surface area contributed by atoms with Crippen LogP contribution in [0.5, 0.6) is 0 Å². The number of rotatable bonds is 3. The molecule has 0 saturated heterocycles. The van der Waals surface area contributed by atoms with Gasteiger partial charge in [-0.3, -0.25) is 4.31 Å². The summed E-state index contributed by atoms with van der Waals surface area (Å²) in [7, 11) is -3.29. The van der Waals surface area contributed by atoms with Gasteiger partial charge in [0.25, 0.3) is 10.0 Å². The second kappa shape index (κ2) is 5.93. The molecule has 0 spiro atoms. The number of alkyl halides is 3. The van der Waals surface area contributed by atoms with Gasteiger partial charge in [-0.15, -0.1) is 0 Å². The highest BCUT2D eigenvalue weighted by molar-refractivity contribution is 7.92. The maximum absolute atomic E-state index is 13.0. The smallest absolute Gasteiger partial charge is 0.269 e. The van der Waals surface area contributed by atoms with Crippen LogP contribution in [0.3, 0.4) is 0 Å². The maximum atomic E-state index is 13.0. The van der Waals surface area contributed by atoms with Crippen molar-refractivity contribution in [3.63, 3.8) is 0 Å². The Morgan fingerprint density at radius 1 is 1.09 bits per heavy atom. The molecule has 8 heteroatoms. The van der Waals surface area contributed by atoms with Crippen molar-refractivity contribution in [2.75, 3.05) is 11.4 Å². The standard InChI is InChI=1S/C15H11F3N2O2S/c1-20(12-6-4-5-11(9-12)10-19)23(21,22)14-8-3-2-7-13(14)15(16,17)18/h2-9H,1H3. The van der Waals surface area contributed by atoms with Crippen LogP contribution in [-0.4, -0.2) is 15.5 Å². The van der Waals surface area contributed by atoms with Crippen molar-refractivity contribution in [1.82, 2.24) is 0 Å². The van der Waals surface area contributed by atoms with Gasteiger partial charge in [0.15, 0.2) is 0 Å². The maximum Gasteiger partial charge on any atom is 0.417 e. The molecule has 120 valence electrons. The number of benzene rings is 2. The lowest BCUT2D eigenvalue weighted by Crippen LogP contribution is -2.28. The third-order valence-corrected chi connectivity index (χ3v) is 5.01. The Morgan fingerprint density at radius 3 is 2.35 bits per heavy atom. The zero-order chi connectivity index (χ0) is 17.3. The van der Waals surface area contributed by atoms with E-state index < -0.39 is 26.7 Å². The second-order valence-electron chi connectivity index (χ2n) is 4.63. The van der Waals surface area contributed by atoms with Crippen LogP contribution < -0.4 is 4.31 Å². The molecule has 2 aromatic rings. The molecule has 0 saturated carbocycles. The van der Waals surface area contributed by atoms with Gasteiger partial charge in [-0.05, 0) is 30.3 Å². The largest absolute Gasteiger partial charge is 0.417 e. The fourth-order valence-electron chi connectivity index (χ4n) is 1.98. The molecule has 0 aromatic heterocycles. The molecule has 0 heterocycles. The van der Waals surface area contributed by atoms with Gasteiger partial charge < -0.3 is 0 Å². The van der Waals surface area contributed by atoms with Crippen LogP contribution in [0.4, 0.5) is 18.9 Å². The van der Waals surface area contributed by atoms with Crippen LogP contribution in [0.2, 0.25) is 0 Å². The Morgan fingerprint density at radius 2 is 1.74 bits per heavy atom. The van der Waals surface area contributed by atoms with Gasteiger partial charge in [-0.25, -0.2) is 8.42 Å². The Balaban J connectivity index is 2.57. The highest BCUT2D eigenvalue weighted by Crippen LogP contribution is 2.35. The number of sulfonamides is 1. The summed E-state index contributed by atoms with van der Waals surface area (Å²) in [6.45, 7) is 0. The third kappa shape index (κ3) is 3.29. The first kappa shape index (κ1) is 16.8. The van der Waals surface area contributed by atoms with Gasteiger partial charge in [0.1, 0.15) is 0 Å². The van der Waals surface area contributed by atoms with E-state index in [1.165, 1.54) is 30.3 Å². The predicted octanol–water partition coefficient (Wildman–Crippen LogP) is 3.40. The number of nitriles is 1. The molecule has 2 rings (SSSR count). The molecule has 0 fully saturated rings.